The number of hydrogen-bond donors (Lipinski definition) is 1. The summed E-state index contributed by atoms with van der Waals surface area (Å²) >= 11 is 0. The molecule has 1 aromatic rings. The molecule has 1 unspecified atom stereocenters. The van der Waals surface area contributed by atoms with E-state index in [4.69, 9.17) is 10.5 Å². The predicted molar refractivity (Wildman–Crippen MR) is 60.0 cm³/mol. The molecule has 1 atom stereocenters. The summed E-state index contributed by atoms with van der Waals surface area (Å²) in [7, 11) is 1.63. The highest BCUT2D eigenvalue weighted by atomic mass is 19.1. The summed E-state index contributed by atoms with van der Waals surface area (Å²) in [4.78, 5) is 0. The van der Waals surface area contributed by atoms with Crippen LogP contribution in [0.1, 0.15) is 29.3 Å². The van der Waals surface area contributed by atoms with Crippen molar-refractivity contribution >= 4 is 0 Å². The molecule has 0 saturated heterocycles. The Kier molecular flexibility index (Phi) is 4.09. The second-order valence-electron chi connectivity index (χ2n) is 3.73. The Bertz CT molecular complexity index is 315. The number of halogens is 1. The van der Waals surface area contributed by atoms with E-state index in [1.807, 2.05) is 26.0 Å². The fraction of sp³-hybridized carbons (Fsp3) is 0.500. The van der Waals surface area contributed by atoms with Gasteiger partial charge in [-0.15, -0.1) is 0 Å². The number of methoxy groups -OCH3 is 1. The summed E-state index contributed by atoms with van der Waals surface area (Å²) in [5.41, 5.74) is 7.96. The first-order valence-electron chi connectivity index (χ1n) is 5.09. The van der Waals surface area contributed by atoms with Gasteiger partial charge in [0.15, 0.2) is 0 Å². The summed E-state index contributed by atoms with van der Waals surface area (Å²) in [5, 5.41) is 0. The van der Waals surface area contributed by atoms with Crippen molar-refractivity contribution in [1.29, 1.82) is 0 Å². The van der Waals surface area contributed by atoms with E-state index in [2.05, 4.69) is 0 Å². The van der Waals surface area contributed by atoms with E-state index in [0.717, 1.165) is 16.9 Å². The summed E-state index contributed by atoms with van der Waals surface area (Å²) in [6, 6.07) is 3.65. The van der Waals surface area contributed by atoms with Crippen molar-refractivity contribution < 1.29 is 9.13 Å². The van der Waals surface area contributed by atoms with Crippen LogP contribution in [0.3, 0.4) is 0 Å². The second-order valence-corrected chi connectivity index (χ2v) is 3.73. The summed E-state index contributed by atoms with van der Waals surface area (Å²) in [6.07, 6.45) is -0.608. The molecule has 0 fully saturated rings. The van der Waals surface area contributed by atoms with Crippen LogP contribution in [0.25, 0.3) is 0 Å². The third-order valence-corrected chi connectivity index (χ3v) is 2.47. The first kappa shape index (κ1) is 12.0. The first-order valence-corrected chi connectivity index (χ1v) is 5.09. The molecule has 2 nitrogen and oxygen atoms in total. The third kappa shape index (κ3) is 2.69. The van der Waals surface area contributed by atoms with E-state index < -0.39 is 6.17 Å². The monoisotopic (exact) mass is 211 g/mol. The van der Waals surface area contributed by atoms with Gasteiger partial charge in [-0.25, -0.2) is 4.39 Å². The topological polar surface area (TPSA) is 35.2 Å². The molecule has 84 valence electrons. The minimum Gasteiger partial charge on any atom is -0.496 e. The molecule has 0 bridgehead atoms. The van der Waals surface area contributed by atoms with E-state index >= 15 is 0 Å². The number of nitrogens with two attached hydrogens (primary N) is 1. The van der Waals surface area contributed by atoms with E-state index in [0.29, 0.717) is 18.5 Å². The quantitative estimate of drug-likeness (QED) is 0.831. The Hall–Kier alpha value is -1.09. The molecule has 0 saturated carbocycles. The van der Waals surface area contributed by atoms with Gasteiger partial charge in [0.2, 0.25) is 0 Å². The van der Waals surface area contributed by atoms with Crippen LogP contribution in [0, 0.1) is 13.8 Å². The highest BCUT2D eigenvalue weighted by Crippen LogP contribution is 2.29. The molecule has 0 radical (unpaired) electrons. The van der Waals surface area contributed by atoms with Crippen molar-refractivity contribution in [3.05, 3.63) is 28.8 Å². The Morgan fingerprint density at radius 3 is 2.27 bits per heavy atom. The molecule has 0 spiro atoms. The van der Waals surface area contributed by atoms with E-state index in [-0.39, 0.29) is 0 Å². The average Bonchev–Trinajstić information content (AvgIpc) is 2.17. The lowest BCUT2D eigenvalue weighted by Gasteiger charge is -2.13. The van der Waals surface area contributed by atoms with Crippen molar-refractivity contribution in [2.45, 2.75) is 26.4 Å². The van der Waals surface area contributed by atoms with E-state index in [1.165, 1.54) is 0 Å². The van der Waals surface area contributed by atoms with Crippen LogP contribution in [0.2, 0.25) is 0 Å². The minimum atomic E-state index is -0.974. The lowest BCUT2D eigenvalue weighted by Crippen LogP contribution is -2.04. The van der Waals surface area contributed by atoms with Crippen molar-refractivity contribution in [3.63, 3.8) is 0 Å². The van der Waals surface area contributed by atoms with Gasteiger partial charge >= 0.3 is 0 Å². The standard InChI is InChI=1S/C12H18FNO/c1-8-6-10(11(13)4-5-14)7-9(2)12(8)15-3/h6-7,11H,4-5,14H2,1-3H3. The molecular formula is C12H18FNO. The van der Waals surface area contributed by atoms with Crippen molar-refractivity contribution in [2.75, 3.05) is 13.7 Å². The molecule has 0 aliphatic heterocycles. The fourth-order valence-corrected chi connectivity index (χ4v) is 1.80. The van der Waals surface area contributed by atoms with Gasteiger partial charge in [0.05, 0.1) is 7.11 Å². The molecule has 0 heterocycles. The number of hydrogen-bond acceptors (Lipinski definition) is 2. The molecule has 0 aliphatic rings. The van der Waals surface area contributed by atoms with Crippen molar-refractivity contribution in [2.24, 2.45) is 5.73 Å². The highest BCUT2D eigenvalue weighted by molar-refractivity contribution is 5.43. The van der Waals surface area contributed by atoms with Crippen LogP contribution in [0.15, 0.2) is 12.1 Å². The van der Waals surface area contributed by atoms with Crippen LogP contribution in [0.5, 0.6) is 5.75 Å². The van der Waals surface area contributed by atoms with Gasteiger partial charge in [-0.05, 0) is 55.6 Å². The van der Waals surface area contributed by atoms with Crippen molar-refractivity contribution in [1.82, 2.24) is 0 Å². The number of rotatable bonds is 4. The maximum absolute atomic E-state index is 13.6. The summed E-state index contributed by atoms with van der Waals surface area (Å²) in [6.45, 7) is 4.21. The van der Waals surface area contributed by atoms with Gasteiger partial charge in [0.25, 0.3) is 0 Å². The van der Waals surface area contributed by atoms with Crippen LogP contribution < -0.4 is 10.5 Å². The SMILES string of the molecule is COc1c(C)cc(C(F)CCN)cc1C. The average molecular weight is 211 g/mol. The normalized spacial score (nSPS) is 12.6. The molecule has 3 heteroatoms. The summed E-state index contributed by atoms with van der Waals surface area (Å²) < 4.78 is 18.8. The largest absolute Gasteiger partial charge is 0.496 e. The van der Waals surface area contributed by atoms with Crippen LogP contribution >= 0.6 is 0 Å². The Balaban J connectivity index is 3.02. The van der Waals surface area contributed by atoms with Gasteiger partial charge in [-0.1, -0.05) is 0 Å². The molecule has 0 aliphatic carbocycles. The maximum Gasteiger partial charge on any atom is 0.126 e. The Labute approximate surface area is 90.2 Å². The van der Waals surface area contributed by atoms with Crippen LogP contribution in [-0.4, -0.2) is 13.7 Å². The fourth-order valence-electron chi connectivity index (χ4n) is 1.80. The zero-order valence-corrected chi connectivity index (χ0v) is 9.51. The van der Waals surface area contributed by atoms with Gasteiger partial charge < -0.3 is 10.5 Å². The minimum absolute atomic E-state index is 0.366. The van der Waals surface area contributed by atoms with E-state index in [1.54, 1.807) is 7.11 Å². The number of alkyl halides is 1. The first-order chi connectivity index (χ1) is 7.10. The third-order valence-electron chi connectivity index (χ3n) is 2.47. The zero-order valence-electron chi connectivity index (χ0n) is 9.51. The molecular weight excluding hydrogens is 193 g/mol. The van der Waals surface area contributed by atoms with Crippen LogP contribution in [0.4, 0.5) is 4.39 Å². The van der Waals surface area contributed by atoms with Gasteiger partial charge in [-0.2, -0.15) is 0 Å². The maximum atomic E-state index is 13.6. The smallest absolute Gasteiger partial charge is 0.126 e. The second kappa shape index (κ2) is 5.12. The zero-order chi connectivity index (χ0) is 11.4. The summed E-state index contributed by atoms with van der Waals surface area (Å²) in [5.74, 6) is 0.832. The predicted octanol–water partition coefficient (Wildman–Crippen LogP) is 2.67. The number of ether oxygens (including phenoxy) is 1. The van der Waals surface area contributed by atoms with E-state index in [9.17, 15) is 4.39 Å². The van der Waals surface area contributed by atoms with Gasteiger partial charge in [-0.3, -0.25) is 0 Å². The highest BCUT2D eigenvalue weighted by Gasteiger charge is 2.12. The lowest BCUT2D eigenvalue weighted by molar-refractivity contribution is 0.326. The Morgan fingerprint density at radius 1 is 1.33 bits per heavy atom. The molecule has 2 N–H and O–H groups in total. The molecule has 1 aromatic carbocycles. The molecule has 0 amide bonds. The lowest BCUT2D eigenvalue weighted by atomic mass is 10.0. The molecule has 15 heavy (non-hydrogen) atoms. The molecule has 0 aromatic heterocycles. The van der Waals surface area contributed by atoms with Crippen LogP contribution in [-0.2, 0) is 0 Å². The molecule has 1 rings (SSSR count). The van der Waals surface area contributed by atoms with Gasteiger partial charge in [0, 0.05) is 0 Å². The number of benzene rings is 1. The Morgan fingerprint density at radius 2 is 1.87 bits per heavy atom. The number of aryl methyl sites for hydroxylation is 2. The van der Waals surface area contributed by atoms with Gasteiger partial charge in [0.1, 0.15) is 11.9 Å². The van der Waals surface area contributed by atoms with Crippen molar-refractivity contribution in [3.8, 4) is 5.75 Å².